The first-order valence-electron chi connectivity index (χ1n) is 4.67. The minimum absolute atomic E-state index is 0. The standard InChI is InChI=1S/C8H10Cl2N2O2S2.ClH/c9-7-5-6(8(10)15-7)16(13,14)12-3-1-11-2-4-12;/h5,11H,1-4H2;1H. The van der Waals surface area contributed by atoms with E-state index in [1.54, 1.807) is 0 Å². The third-order valence-corrected chi connectivity index (χ3v) is 5.97. The number of nitrogens with zero attached hydrogens (tertiary/aromatic N) is 1. The molecule has 0 spiro atoms. The summed E-state index contributed by atoms with van der Waals surface area (Å²) in [5, 5.41) is 3.10. The average Bonchev–Trinajstić information content (AvgIpc) is 2.60. The van der Waals surface area contributed by atoms with Crippen LogP contribution in [0.3, 0.4) is 0 Å². The predicted octanol–water partition coefficient (Wildman–Crippen LogP) is 2.07. The maximum Gasteiger partial charge on any atom is 0.245 e. The van der Waals surface area contributed by atoms with Gasteiger partial charge in [0.25, 0.3) is 0 Å². The molecule has 1 saturated heterocycles. The molecule has 0 unspecified atom stereocenters. The fraction of sp³-hybridized carbons (Fsp3) is 0.500. The first-order chi connectivity index (χ1) is 7.51. The van der Waals surface area contributed by atoms with Gasteiger partial charge < -0.3 is 5.32 Å². The molecule has 1 aliphatic heterocycles. The van der Waals surface area contributed by atoms with E-state index in [9.17, 15) is 8.42 Å². The summed E-state index contributed by atoms with van der Waals surface area (Å²) < 4.78 is 26.4. The summed E-state index contributed by atoms with van der Waals surface area (Å²) in [7, 11) is -3.48. The highest BCUT2D eigenvalue weighted by Gasteiger charge is 2.29. The fourth-order valence-electron chi connectivity index (χ4n) is 1.52. The maximum atomic E-state index is 12.2. The van der Waals surface area contributed by atoms with Crippen molar-refractivity contribution in [3.63, 3.8) is 0 Å². The summed E-state index contributed by atoms with van der Waals surface area (Å²) in [6.07, 6.45) is 0. The number of hydrogen-bond donors (Lipinski definition) is 1. The summed E-state index contributed by atoms with van der Waals surface area (Å²) in [5.74, 6) is 0. The van der Waals surface area contributed by atoms with E-state index in [-0.39, 0.29) is 21.6 Å². The molecule has 1 aliphatic rings. The summed E-state index contributed by atoms with van der Waals surface area (Å²) in [6.45, 7) is 2.25. The van der Waals surface area contributed by atoms with Crippen LogP contribution in [0, 0.1) is 0 Å². The zero-order valence-corrected chi connectivity index (χ0v) is 12.6. The first kappa shape index (κ1) is 15.5. The average molecular weight is 338 g/mol. The van der Waals surface area contributed by atoms with Crippen molar-refractivity contribution in [1.82, 2.24) is 9.62 Å². The second kappa shape index (κ2) is 6.06. The Balaban J connectivity index is 0.00000144. The minimum Gasteiger partial charge on any atom is -0.314 e. The largest absolute Gasteiger partial charge is 0.314 e. The molecule has 2 heterocycles. The van der Waals surface area contributed by atoms with Gasteiger partial charge in [-0.05, 0) is 6.07 Å². The topological polar surface area (TPSA) is 49.4 Å². The monoisotopic (exact) mass is 336 g/mol. The van der Waals surface area contributed by atoms with Crippen molar-refractivity contribution >= 4 is 57.0 Å². The summed E-state index contributed by atoms with van der Waals surface area (Å²) >= 11 is 12.7. The molecule has 0 radical (unpaired) electrons. The minimum atomic E-state index is -3.48. The molecule has 0 atom stereocenters. The summed E-state index contributed by atoms with van der Waals surface area (Å²) in [6, 6.07) is 1.41. The third-order valence-electron chi connectivity index (χ3n) is 2.32. The lowest BCUT2D eigenvalue weighted by molar-refractivity contribution is 0.360. The van der Waals surface area contributed by atoms with Gasteiger partial charge in [-0.2, -0.15) is 4.31 Å². The Kier molecular flexibility index (Phi) is 5.52. The van der Waals surface area contributed by atoms with Crippen molar-refractivity contribution in [3.05, 3.63) is 14.7 Å². The van der Waals surface area contributed by atoms with Crippen LogP contribution in [0.2, 0.25) is 8.67 Å². The van der Waals surface area contributed by atoms with Gasteiger partial charge in [-0.3, -0.25) is 0 Å². The van der Waals surface area contributed by atoms with Crippen LogP contribution in [0.5, 0.6) is 0 Å². The number of sulfonamides is 1. The molecular formula is C8H11Cl3N2O2S2. The van der Waals surface area contributed by atoms with Crippen molar-refractivity contribution in [2.75, 3.05) is 26.2 Å². The molecule has 0 amide bonds. The molecule has 0 saturated carbocycles. The second-order valence-electron chi connectivity index (χ2n) is 3.34. The number of nitrogens with one attached hydrogen (secondary N) is 1. The molecule has 0 bridgehead atoms. The predicted molar refractivity (Wildman–Crippen MR) is 73.2 cm³/mol. The van der Waals surface area contributed by atoms with Gasteiger partial charge in [0.15, 0.2) is 0 Å². The lowest BCUT2D eigenvalue weighted by Crippen LogP contribution is -2.46. The van der Waals surface area contributed by atoms with Crippen LogP contribution in [0.15, 0.2) is 11.0 Å². The molecule has 1 fully saturated rings. The first-order valence-corrected chi connectivity index (χ1v) is 7.69. The van der Waals surface area contributed by atoms with E-state index in [4.69, 9.17) is 23.2 Å². The smallest absolute Gasteiger partial charge is 0.245 e. The highest BCUT2D eigenvalue weighted by molar-refractivity contribution is 7.89. The highest BCUT2D eigenvalue weighted by atomic mass is 35.5. The van der Waals surface area contributed by atoms with Gasteiger partial charge in [-0.15, -0.1) is 23.7 Å². The van der Waals surface area contributed by atoms with Gasteiger partial charge in [0.2, 0.25) is 10.0 Å². The van der Waals surface area contributed by atoms with E-state index >= 15 is 0 Å². The fourth-order valence-corrected chi connectivity index (χ4v) is 5.08. The Morgan fingerprint density at radius 3 is 2.35 bits per heavy atom. The highest BCUT2D eigenvalue weighted by Crippen LogP contribution is 2.35. The van der Waals surface area contributed by atoms with Gasteiger partial charge >= 0.3 is 0 Å². The maximum absolute atomic E-state index is 12.2. The van der Waals surface area contributed by atoms with E-state index in [2.05, 4.69) is 5.32 Å². The van der Waals surface area contributed by atoms with Crippen molar-refractivity contribution < 1.29 is 8.42 Å². The number of rotatable bonds is 2. The Labute approximate surface area is 120 Å². The van der Waals surface area contributed by atoms with Crippen molar-refractivity contribution in [2.24, 2.45) is 0 Å². The Bertz CT molecular complexity index is 483. The van der Waals surface area contributed by atoms with Crippen LogP contribution in [0.1, 0.15) is 0 Å². The quantitative estimate of drug-likeness (QED) is 0.899. The number of halogens is 3. The van der Waals surface area contributed by atoms with Gasteiger partial charge in [0.05, 0.1) is 4.34 Å². The normalized spacial score (nSPS) is 17.8. The molecule has 9 heteroatoms. The molecule has 2 rings (SSSR count). The second-order valence-corrected chi connectivity index (χ2v) is 7.53. The molecule has 0 aromatic carbocycles. The van der Waals surface area contributed by atoms with Crippen LogP contribution in [0.25, 0.3) is 0 Å². The third kappa shape index (κ3) is 3.26. The van der Waals surface area contributed by atoms with Crippen LogP contribution in [-0.4, -0.2) is 38.9 Å². The van der Waals surface area contributed by atoms with Gasteiger partial charge in [-0.25, -0.2) is 8.42 Å². The molecule has 17 heavy (non-hydrogen) atoms. The molecular weight excluding hydrogens is 327 g/mol. The zero-order valence-electron chi connectivity index (χ0n) is 8.65. The Morgan fingerprint density at radius 2 is 1.88 bits per heavy atom. The summed E-state index contributed by atoms with van der Waals surface area (Å²) in [5.41, 5.74) is 0. The van der Waals surface area contributed by atoms with Crippen LogP contribution in [-0.2, 0) is 10.0 Å². The molecule has 1 aromatic heterocycles. The SMILES string of the molecule is Cl.O=S(=O)(c1cc(Cl)sc1Cl)N1CCNCC1. The van der Waals surface area contributed by atoms with Crippen LogP contribution in [0.4, 0.5) is 0 Å². The van der Waals surface area contributed by atoms with Gasteiger partial charge in [0, 0.05) is 26.2 Å². The molecule has 98 valence electrons. The van der Waals surface area contributed by atoms with Gasteiger partial charge in [-0.1, -0.05) is 23.2 Å². The lowest BCUT2D eigenvalue weighted by atomic mass is 10.4. The molecule has 1 aromatic rings. The van der Waals surface area contributed by atoms with Crippen molar-refractivity contribution in [2.45, 2.75) is 4.90 Å². The van der Waals surface area contributed by atoms with E-state index < -0.39 is 10.0 Å². The van der Waals surface area contributed by atoms with E-state index in [1.165, 1.54) is 10.4 Å². The Hall–Kier alpha value is 0.440. The molecule has 1 N–H and O–H groups in total. The van der Waals surface area contributed by atoms with Gasteiger partial charge in [0.1, 0.15) is 9.23 Å². The molecule has 4 nitrogen and oxygen atoms in total. The van der Waals surface area contributed by atoms with E-state index in [0.717, 1.165) is 11.3 Å². The zero-order chi connectivity index (χ0) is 11.8. The van der Waals surface area contributed by atoms with Crippen molar-refractivity contribution in [3.8, 4) is 0 Å². The number of piperazine rings is 1. The molecule has 0 aliphatic carbocycles. The Morgan fingerprint density at radius 1 is 1.29 bits per heavy atom. The van der Waals surface area contributed by atoms with E-state index in [1.807, 2.05) is 0 Å². The van der Waals surface area contributed by atoms with Crippen LogP contribution < -0.4 is 5.32 Å². The lowest BCUT2D eigenvalue weighted by Gasteiger charge is -2.26. The number of hydrogen-bond acceptors (Lipinski definition) is 4. The van der Waals surface area contributed by atoms with Crippen LogP contribution >= 0.6 is 46.9 Å². The van der Waals surface area contributed by atoms with E-state index in [0.29, 0.717) is 30.5 Å². The van der Waals surface area contributed by atoms with Crippen molar-refractivity contribution in [1.29, 1.82) is 0 Å². The number of thiophene rings is 1. The summed E-state index contributed by atoms with van der Waals surface area (Å²) in [4.78, 5) is 0.117.